The summed E-state index contributed by atoms with van der Waals surface area (Å²) < 4.78 is 1.71. The van der Waals surface area contributed by atoms with Crippen molar-refractivity contribution in [1.82, 2.24) is 20.2 Å². The van der Waals surface area contributed by atoms with Crippen LogP contribution in [0.1, 0.15) is 31.2 Å². The summed E-state index contributed by atoms with van der Waals surface area (Å²) in [6.07, 6.45) is 7.26. The van der Waals surface area contributed by atoms with Gasteiger partial charge in [0, 0.05) is 11.7 Å². The van der Waals surface area contributed by atoms with Gasteiger partial charge in [0.2, 0.25) is 0 Å². The van der Waals surface area contributed by atoms with Crippen LogP contribution in [0, 0.1) is 18.8 Å². The zero-order valence-electron chi connectivity index (χ0n) is 11.7. The molecule has 3 atom stereocenters. The highest BCUT2D eigenvalue weighted by molar-refractivity contribution is 5.54. The summed E-state index contributed by atoms with van der Waals surface area (Å²) in [4.78, 5) is 0. The molecule has 4 rings (SSSR count). The number of aromatic nitrogens is 4. The Morgan fingerprint density at radius 1 is 1.25 bits per heavy atom. The zero-order valence-corrected chi connectivity index (χ0v) is 11.7. The van der Waals surface area contributed by atoms with Gasteiger partial charge in [0.15, 0.2) is 0 Å². The molecule has 0 amide bonds. The van der Waals surface area contributed by atoms with E-state index in [2.05, 4.69) is 46.0 Å². The summed E-state index contributed by atoms with van der Waals surface area (Å²) >= 11 is 0. The van der Waals surface area contributed by atoms with E-state index in [-0.39, 0.29) is 0 Å². The van der Waals surface area contributed by atoms with Crippen LogP contribution in [-0.4, -0.2) is 26.2 Å². The van der Waals surface area contributed by atoms with Crippen LogP contribution >= 0.6 is 0 Å². The maximum atomic E-state index is 3.95. The third kappa shape index (κ3) is 1.97. The molecule has 1 aromatic carbocycles. The fraction of sp³-hybridized carbons (Fsp3) is 0.533. The number of nitrogens with zero attached hydrogens (tertiary/aromatic N) is 4. The molecule has 2 aromatic rings. The average Bonchev–Trinajstić information content (AvgIpc) is 3.16. The second-order valence-electron chi connectivity index (χ2n) is 6.18. The number of nitrogens with one attached hydrogen (secondary N) is 1. The third-order valence-corrected chi connectivity index (χ3v) is 4.88. The fourth-order valence-corrected chi connectivity index (χ4v) is 3.91. The maximum absolute atomic E-state index is 3.95. The third-order valence-electron chi connectivity index (χ3n) is 4.88. The van der Waals surface area contributed by atoms with E-state index in [4.69, 9.17) is 0 Å². The van der Waals surface area contributed by atoms with Crippen molar-refractivity contribution >= 4 is 5.69 Å². The summed E-state index contributed by atoms with van der Waals surface area (Å²) in [7, 11) is 0. The molecule has 0 radical (unpaired) electrons. The topological polar surface area (TPSA) is 55.6 Å². The number of anilines is 1. The van der Waals surface area contributed by atoms with Crippen LogP contribution in [-0.2, 0) is 0 Å². The van der Waals surface area contributed by atoms with Crippen LogP contribution in [0.25, 0.3) is 5.69 Å². The van der Waals surface area contributed by atoms with Crippen molar-refractivity contribution in [2.24, 2.45) is 11.8 Å². The number of hydrogen-bond acceptors (Lipinski definition) is 4. The summed E-state index contributed by atoms with van der Waals surface area (Å²) in [5.74, 6) is 1.86. The Balaban J connectivity index is 1.54. The van der Waals surface area contributed by atoms with Crippen molar-refractivity contribution in [3.05, 3.63) is 30.1 Å². The van der Waals surface area contributed by atoms with Crippen molar-refractivity contribution in [1.29, 1.82) is 0 Å². The lowest BCUT2D eigenvalue weighted by Gasteiger charge is -2.24. The van der Waals surface area contributed by atoms with E-state index in [1.165, 1.54) is 36.9 Å². The normalized spacial score (nSPS) is 27.9. The number of benzene rings is 1. The predicted molar refractivity (Wildman–Crippen MR) is 76.7 cm³/mol. The van der Waals surface area contributed by atoms with Gasteiger partial charge in [0.05, 0.1) is 5.69 Å². The largest absolute Gasteiger partial charge is 0.382 e. The van der Waals surface area contributed by atoms with Gasteiger partial charge in [-0.1, -0.05) is 6.42 Å². The van der Waals surface area contributed by atoms with Gasteiger partial charge in [-0.2, -0.15) is 0 Å². The predicted octanol–water partition coefficient (Wildman–Crippen LogP) is 2.57. The second-order valence-corrected chi connectivity index (χ2v) is 6.18. The van der Waals surface area contributed by atoms with Gasteiger partial charge in [-0.3, -0.25) is 0 Å². The lowest BCUT2D eigenvalue weighted by Crippen LogP contribution is -2.25. The van der Waals surface area contributed by atoms with E-state index in [1.807, 2.05) is 0 Å². The van der Waals surface area contributed by atoms with Crippen LogP contribution in [0.5, 0.6) is 0 Å². The van der Waals surface area contributed by atoms with Crippen LogP contribution < -0.4 is 5.32 Å². The summed E-state index contributed by atoms with van der Waals surface area (Å²) in [5.41, 5.74) is 3.44. The van der Waals surface area contributed by atoms with Crippen molar-refractivity contribution in [3.63, 3.8) is 0 Å². The summed E-state index contributed by atoms with van der Waals surface area (Å²) in [5, 5.41) is 15.0. The van der Waals surface area contributed by atoms with E-state index in [0.717, 1.165) is 17.5 Å². The number of rotatable bonds is 3. The quantitative estimate of drug-likeness (QED) is 0.930. The molecule has 2 saturated carbocycles. The van der Waals surface area contributed by atoms with Crippen molar-refractivity contribution in [3.8, 4) is 5.69 Å². The zero-order chi connectivity index (χ0) is 13.5. The molecule has 0 spiro atoms. The van der Waals surface area contributed by atoms with Crippen LogP contribution in [0.15, 0.2) is 24.5 Å². The Morgan fingerprint density at radius 3 is 2.85 bits per heavy atom. The van der Waals surface area contributed by atoms with Gasteiger partial charge in [-0.05, 0) is 72.2 Å². The molecule has 2 bridgehead atoms. The molecule has 2 aliphatic carbocycles. The standard InChI is InChI=1S/C15H19N5/c1-10-6-13(4-5-15(10)20-9-16-18-19-20)17-14-8-11-2-3-12(14)7-11/h4-6,9,11-12,14,17H,2-3,7-8H2,1H3. The molecular weight excluding hydrogens is 250 g/mol. The average molecular weight is 269 g/mol. The van der Waals surface area contributed by atoms with Gasteiger partial charge in [-0.25, -0.2) is 4.68 Å². The van der Waals surface area contributed by atoms with Gasteiger partial charge < -0.3 is 5.32 Å². The Kier molecular flexibility index (Phi) is 2.72. The van der Waals surface area contributed by atoms with Crippen LogP contribution in [0.4, 0.5) is 5.69 Å². The smallest absolute Gasteiger partial charge is 0.143 e. The van der Waals surface area contributed by atoms with Crippen molar-refractivity contribution in [2.45, 2.75) is 38.6 Å². The van der Waals surface area contributed by atoms with E-state index in [0.29, 0.717) is 6.04 Å². The minimum Gasteiger partial charge on any atom is -0.382 e. The first-order valence-corrected chi connectivity index (χ1v) is 7.40. The Morgan fingerprint density at radius 2 is 2.20 bits per heavy atom. The van der Waals surface area contributed by atoms with Gasteiger partial charge in [0.25, 0.3) is 0 Å². The Hall–Kier alpha value is -1.91. The molecule has 20 heavy (non-hydrogen) atoms. The first-order chi connectivity index (χ1) is 9.79. The fourth-order valence-electron chi connectivity index (χ4n) is 3.91. The Labute approximate surface area is 118 Å². The number of hydrogen-bond donors (Lipinski definition) is 1. The number of tetrazole rings is 1. The van der Waals surface area contributed by atoms with Gasteiger partial charge in [0.1, 0.15) is 6.33 Å². The summed E-state index contributed by atoms with van der Waals surface area (Å²) in [6, 6.07) is 7.09. The molecule has 3 unspecified atom stereocenters. The maximum Gasteiger partial charge on any atom is 0.143 e. The van der Waals surface area contributed by atoms with Crippen LogP contribution in [0.2, 0.25) is 0 Å². The number of fused-ring (bicyclic) bond motifs is 2. The molecule has 5 nitrogen and oxygen atoms in total. The van der Waals surface area contributed by atoms with E-state index >= 15 is 0 Å². The van der Waals surface area contributed by atoms with E-state index < -0.39 is 0 Å². The molecule has 0 saturated heterocycles. The monoisotopic (exact) mass is 269 g/mol. The van der Waals surface area contributed by atoms with Gasteiger partial charge >= 0.3 is 0 Å². The van der Waals surface area contributed by atoms with E-state index in [9.17, 15) is 0 Å². The molecule has 5 heteroatoms. The molecular formula is C15H19N5. The minimum atomic E-state index is 0.673. The lowest BCUT2D eigenvalue weighted by molar-refractivity contribution is 0.440. The minimum absolute atomic E-state index is 0.673. The highest BCUT2D eigenvalue weighted by atomic mass is 15.5. The first-order valence-electron chi connectivity index (χ1n) is 7.40. The lowest BCUT2D eigenvalue weighted by atomic mass is 9.95. The molecule has 2 aliphatic rings. The molecule has 104 valence electrons. The molecule has 0 aliphatic heterocycles. The number of aryl methyl sites for hydroxylation is 1. The molecule has 1 N–H and O–H groups in total. The van der Waals surface area contributed by atoms with Crippen molar-refractivity contribution in [2.75, 3.05) is 5.32 Å². The Bertz CT molecular complexity index is 607. The highest BCUT2D eigenvalue weighted by Crippen LogP contribution is 2.45. The molecule has 2 fully saturated rings. The van der Waals surface area contributed by atoms with Gasteiger partial charge in [-0.15, -0.1) is 5.10 Å². The molecule has 1 aromatic heterocycles. The van der Waals surface area contributed by atoms with E-state index in [1.54, 1.807) is 11.0 Å². The van der Waals surface area contributed by atoms with Crippen molar-refractivity contribution < 1.29 is 0 Å². The van der Waals surface area contributed by atoms with Crippen LogP contribution in [0.3, 0.4) is 0 Å². The SMILES string of the molecule is Cc1cc(NC2CC3CCC2C3)ccc1-n1cnnn1. The molecule has 1 heterocycles. The second kappa shape index (κ2) is 4.58. The highest BCUT2D eigenvalue weighted by Gasteiger charge is 2.39. The summed E-state index contributed by atoms with van der Waals surface area (Å²) in [6.45, 7) is 2.10. The first kappa shape index (κ1) is 11.9.